The summed E-state index contributed by atoms with van der Waals surface area (Å²) in [5, 5.41) is 0. The minimum absolute atomic E-state index is 0.282. The Labute approximate surface area is 99.3 Å². The van der Waals surface area contributed by atoms with E-state index in [0.29, 0.717) is 6.10 Å². The molecule has 1 unspecified atom stereocenters. The molecule has 2 aliphatic rings. The maximum absolute atomic E-state index is 6.08. The quantitative estimate of drug-likeness (QED) is 0.777. The Bertz CT molecular complexity index is 224. The molecule has 3 nitrogen and oxygen atoms in total. The average Bonchev–Trinajstić information content (AvgIpc) is 2.31. The second-order valence-corrected chi connectivity index (χ2v) is 5.74. The summed E-state index contributed by atoms with van der Waals surface area (Å²) in [7, 11) is 0. The van der Waals surface area contributed by atoms with Gasteiger partial charge >= 0.3 is 0 Å². The number of morpholine rings is 1. The maximum atomic E-state index is 6.08. The molecule has 2 rings (SSSR count). The largest absolute Gasteiger partial charge is 0.376 e. The Morgan fingerprint density at radius 1 is 1.31 bits per heavy atom. The van der Waals surface area contributed by atoms with E-state index >= 15 is 0 Å². The van der Waals surface area contributed by atoms with Gasteiger partial charge in [0.15, 0.2) is 0 Å². The van der Waals surface area contributed by atoms with Crippen molar-refractivity contribution in [3.63, 3.8) is 0 Å². The molecule has 1 heterocycles. The summed E-state index contributed by atoms with van der Waals surface area (Å²) in [6.45, 7) is 8.34. The number of nitrogens with two attached hydrogens (primary N) is 1. The molecule has 94 valence electrons. The fourth-order valence-electron chi connectivity index (χ4n) is 3.20. The van der Waals surface area contributed by atoms with Gasteiger partial charge in [-0.05, 0) is 38.5 Å². The molecule has 0 aromatic rings. The summed E-state index contributed by atoms with van der Waals surface area (Å²) < 4.78 is 5.63. The first-order valence-corrected chi connectivity index (χ1v) is 6.73. The molecule has 1 saturated carbocycles. The Morgan fingerprint density at radius 2 is 2.00 bits per heavy atom. The van der Waals surface area contributed by atoms with Gasteiger partial charge in [0.25, 0.3) is 0 Å². The summed E-state index contributed by atoms with van der Waals surface area (Å²) in [6.07, 6.45) is 5.59. The molecule has 1 saturated heterocycles. The minimum Gasteiger partial charge on any atom is -0.376 e. The average molecular weight is 226 g/mol. The minimum atomic E-state index is 0.282. The van der Waals surface area contributed by atoms with E-state index in [4.69, 9.17) is 10.5 Å². The van der Waals surface area contributed by atoms with Crippen LogP contribution < -0.4 is 5.73 Å². The summed E-state index contributed by atoms with van der Waals surface area (Å²) in [5.74, 6) is 0.887. The fourth-order valence-corrected chi connectivity index (χ4v) is 3.20. The Hall–Kier alpha value is -0.120. The molecule has 0 aromatic carbocycles. The normalized spacial score (nSPS) is 42.2. The van der Waals surface area contributed by atoms with Crippen LogP contribution >= 0.6 is 0 Å². The highest BCUT2D eigenvalue weighted by molar-refractivity contribution is 4.96. The van der Waals surface area contributed by atoms with Crippen LogP contribution in [-0.2, 0) is 4.74 Å². The molecule has 0 aromatic heterocycles. The number of ether oxygens (including phenoxy) is 1. The van der Waals surface area contributed by atoms with Crippen LogP contribution in [-0.4, -0.2) is 42.8 Å². The van der Waals surface area contributed by atoms with Crippen LogP contribution in [0.4, 0.5) is 0 Å². The fraction of sp³-hybridized carbons (Fsp3) is 1.00. The van der Waals surface area contributed by atoms with Crippen molar-refractivity contribution in [3.05, 3.63) is 0 Å². The molecule has 3 heteroatoms. The van der Waals surface area contributed by atoms with E-state index in [1.807, 2.05) is 0 Å². The zero-order chi connectivity index (χ0) is 11.6. The smallest absolute Gasteiger partial charge is 0.0674 e. The van der Waals surface area contributed by atoms with E-state index in [0.717, 1.165) is 32.2 Å². The Morgan fingerprint density at radius 3 is 2.56 bits per heavy atom. The van der Waals surface area contributed by atoms with Crippen molar-refractivity contribution in [1.82, 2.24) is 4.90 Å². The lowest BCUT2D eigenvalue weighted by atomic mass is 9.75. The molecule has 0 spiro atoms. The molecule has 16 heavy (non-hydrogen) atoms. The summed E-state index contributed by atoms with van der Waals surface area (Å²) in [6, 6.07) is 0. The molecule has 2 fully saturated rings. The monoisotopic (exact) mass is 226 g/mol. The highest BCUT2D eigenvalue weighted by atomic mass is 16.5. The molecule has 0 bridgehead atoms. The third kappa shape index (κ3) is 2.41. The number of rotatable bonds is 2. The van der Waals surface area contributed by atoms with Crippen LogP contribution in [0, 0.1) is 5.92 Å². The molecular formula is C13H26N2O. The van der Waals surface area contributed by atoms with Crippen molar-refractivity contribution in [2.75, 3.05) is 26.2 Å². The molecule has 0 amide bonds. The second kappa shape index (κ2) is 5.03. The number of nitrogens with zero attached hydrogens (tertiary/aromatic N) is 1. The standard InChI is InChI=1S/C13H26N2O/c1-11-3-5-13(10-14,6-4-11)15-7-8-16-12(2)9-15/h11-12H,3-10,14H2,1-2H3. The molecular weight excluding hydrogens is 200 g/mol. The number of hydrogen-bond acceptors (Lipinski definition) is 3. The molecule has 1 atom stereocenters. The first-order chi connectivity index (χ1) is 7.66. The first-order valence-electron chi connectivity index (χ1n) is 6.73. The van der Waals surface area contributed by atoms with Gasteiger partial charge < -0.3 is 10.5 Å². The third-order valence-electron chi connectivity index (χ3n) is 4.50. The van der Waals surface area contributed by atoms with Crippen LogP contribution in [0.1, 0.15) is 39.5 Å². The van der Waals surface area contributed by atoms with Crippen molar-refractivity contribution < 1.29 is 4.74 Å². The predicted octanol–water partition coefficient (Wildman–Crippen LogP) is 1.61. The van der Waals surface area contributed by atoms with Crippen LogP contribution in [0.3, 0.4) is 0 Å². The van der Waals surface area contributed by atoms with E-state index < -0.39 is 0 Å². The van der Waals surface area contributed by atoms with Gasteiger partial charge in [-0.25, -0.2) is 0 Å². The van der Waals surface area contributed by atoms with E-state index in [1.54, 1.807) is 0 Å². The topological polar surface area (TPSA) is 38.5 Å². The van der Waals surface area contributed by atoms with Crippen molar-refractivity contribution in [1.29, 1.82) is 0 Å². The summed E-state index contributed by atoms with van der Waals surface area (Å²) >= 11 is 0. The van der Waals surface area contributed by atoms with Gasteiger partial charge in [0.05, 0.1) is 12.7 Å². The van der Waals surface area contributed by atoms with Gasteiger partial charge in [-0.15, -0.1) is 0 Å². The van der Waals surface area contributed by atoms with E-state index in [9.17, 15) is 0 Å². The van der Waals surface area contributed by atoms with Gasteiger partial charge in [-0.3, -0.25) is 4.90 Å². The number of hydrogen-bond donors (Lipinski definition) is 1. The van der Waals surface area contributed by atoms with Crippen LogP contribution in [0.15, 0.2) is 0 Å². The predicted molar refractivity (Wildman–Crippen MR) is 66.4 cm³/mol. The van der Waals surface area contributed by atoms with Gasteiger partial charge in [0.1, 0.15) is 0 Å². The summed E-state index contributed by atoms with van der Waals surface area (Å²) in [4.78, 5) is 2.60. The van der Waals surface area contributed by atoms with Crippen LogP contribution in [0.25, 0.3) is 0 Å². The van der Waals surface area contributed by atoms with Crippen molar-refractivity contribution in [2.24, 2.45) is 11.7 Å². The van der Waals surface area contributed by atoms with Crippen LogP contribution in [0.5, 0.6) is 0 Å². The molecule has 0 radical (unpaired) electrons. The highest BCUT2D eigenvalue weighted by Gasteiger charge is 2.39. The van der Waals surface area contributed by atoms with Gasteiger partial charge in [-0.1, -0.05) is 6.92 Å². The molecule has 1 aliphatic carbocycles. The van der Waals surface area contributed by atoms with E-state index in [-0.39, 0.29) is 5.54 Å². The third-order valence-corrected chi connectivity index (χ3v) is 4.50. The lowest BCUT2D eigenvalue weighted by Crippen LogP contribution is -2.60. The van der Waals surface area contributed by atoms with Gasteiger partial charge in [0, 0.05) is 25.2 Å². The van der Waals surface area contributed by atoms with Crippen molar-refractivity contribution in [2.45, 2.75) is 51.2 Å². The van der Waals surface area contributed by atoms with E-state index in [2.05, 4.69) is 18.7 Å². The lowest BCUT2D eigenvalue weighted by molar-refractivity contribution is -0.0731. The first kappa shape index (κ1) is 12.3. The van der Waals surface area contributed by atoms with E-state index in [1.165, 1.54) is 25.7 Å². The highest BCUT2D eigenvalue weighted by Crippen LogP contribution is 2.36. The summed E-state index contributed by atoms with van der Waals surface area (Å²) in [5.41, 5.74) is 6.36. The van der Waals surface area contributed by atoms with Crippen LogP contribution in [0.2, 0.25) is 0 Å². The molecule has 1 aliphatic heterocycles. The second-order valence-electron chi connectivity index (χ2n) is 5.74. The van der Waals surface area contributed by atoms with Crippen molar-refractivity contribution >= 4 is 0 Å². The van der Waals surface area contributed by atoms with Gasteiger partial charge in [-0.2, -0.15) is 0 Å². The SMILES string of the molecule is CC1CCC(CN)(N2CCOC(C)C2)CC1. The van der Waals surface area contributed by atoms with Crippen molar-refractivity contribution in [3.8, 4) is 0 Å². The Kier molecular flexibility index (Phi) is 3.88. The lowest BCUT2D eigenvalue weighted by Gasteiger charge is -2.49. The molecule has 2 N–H and O–H groups in total. The zero-order valence-corrected chi connectivity index (χ0v) is 10.7. The Balaban J connectivity index is 2.02. The maximum Gasteiger partial charge on any atom is 0.0674 e. The van der Waals surface area contributed by atoms with Gasteiger partial charge in [0.2, 0.25) is 0 Å². The zero-order valence-electron chi connectivity index (χ0n) is 10.7.